The van der Waals surface area contributed by atoms with Gasteiger partial charge in [-0.1, -0.05) is 37.1 Å². The van der Waals surface area contributed by atoms with Gasteiger partial charge in [-0.05, 0) is 30.9 Å². The smallest absolute Gasteiger partial charge is 0.0713 e. The first-order valence-corrected chi connectivity index (χ1v) is 6.54. The zero-order valence-corrected chi connectivity index (χ0v) is 11.0. The van der Waals surface area contributed by atoms with E-state index in [1.54, 1.807) is 7.11 Å². The Labute approximate surface area is 104 Å². The van der Waals surface area contributed by atoms with Gasteiger partial charge in [0.1, 0.15) is 0 Å². The van der Waals surface area contributed by atoms with E-state index >= 15 is 0 Å². The van der Waals surface area contributed by atoms with Gasteiger partial charge in [0.25, 0.3) is 0 Å². The number of hydrogen-bond acceptors (Lipinski definition) is 2. The lowest BCUT2D eigenvalue weighted by Crippen LogP contribution is -2.38. The van der Waals surface area contributed by atoms with E-state index in [1.807, 2.05) is 0 Å². The van der Waals surface area contributed by atoms with Gasteiger partial charge in [-0.15, -0.1) is 0 Å². The Balaban J connectivity index is 1.86. The second kappa shape index (κ2) is 5.65. The molecule has 0 amide bonds. The van der Waals surface area contributed by atoms with Crippen molar-refractivity contribution in [3.05, 3.63) is 35.4 Å². The highest BCUT2D eigenvalue weighted by molar-refractivity contribution is 5.22. The van der Waals surface area contributed by atoms with Gasteiger partial charge < -0.3 is 10.1 Å². The molecular formula is C15H23NO. The molecule has 1 saturated carbocycles. The van der Waals surface area contributed by atoms with Gasteiger partial charge in [-0.2, -0.15) is 0 Å². The molecule has 2 nitrogen and oxygen atoms in total. The van der Waals surface area contributed by atoms with Crippen molar-refractivity contribution < 1.29 is 4.74 Å². The predicted octanol–water partition coefficient (Wildman–Crippen LogP) is 3.26. The molecule has 1 aliphatic carbocycles. The van der Waals surface area contributed by atoms with Crippen LogP contribution in [0.25, 0.3) is 0 Å². The van der Waals surface area contributed by atoms with Crippen LogP contribution >= 0.6 is 0 Å². The van der Waals surface area contributed by atoms with Gasteiger partial charge in [0.05, 0.1) is 6.61 Å². The molecule has 0 bridgehead atoms. The molecular weight excluding hydrogens is 210 g/mol. The van der Waals surface area contributed by atoms with E-state index in [9.17, 15) is 0 Å². The van der Waals surface area contributed by atoms with Crippen LogP contribution < -0.4 is 5.32 Å². The Morgan fingerprint density at radius 2 is 1.71 bits per heavy atom. The summed E-state index contributed by atoms with van der Waals surface area (Å²) in [6, 6.07) is 8.69. The zero-order chi connectivity index (χ0) is 12.1. The molecule has 2 rings (SSSR count). The van der Waals surface area contributed by atoms with Crippen molar-refractivity contribution in [3.8, 4) is 0 Å². The molecule has 1 fully saturated rings. The Morgan fingerprint density at radius 1 is 1.12 bits per heavy atom. The predicted molar refractivity (Wildman–Crippen MR) is 70.9 cm³/mol. The molecule has 2 heteroatoms. The molecule has 94 valence electrons. The first kappa shape index (κ1) is 12.6. The van der Waals surface area contributed by atoms with Crippen LogP contribution in [0.1, 0.15) is 43.7 Å². The molecule has 1 aromatic carbocycles. The fourth-order valence-electron chi connectivity index (χ4n) is 2.57. The summed E-state index contributed by atoms with van der Waals surface area (Å²) in [6.45, 7) is 4.02. The number of nitrogens with one attached hydrogen (secondary N) is 1. The van der Waals surface area contributed by atoms with Crippen molar-refractivity contribution in [2.45, 2.75) is 51.3 Å². The molecule has 0 saturated heterocycles. The summed E-state index contributed by atoms with van der Waals surface area (Å²) >= 11 is 0. The lowest BCUT2D eigenvalue weighted by atomic mass is 10.00. The summed E-state index contributed by atoms with van der Waals surface area (Å²) < 4.78 is 5.11. The van der Waals surface area contributed by atoms with E-state index in [-0.39, 0.29) is 0 Å². The van der Waals surface area contributed by atoms with Crippen LogP contribution in [0.4, 0.5) is 0 Å². The summed E-state index contributed by atoms with van der Waals surface area (Å²) in [5.41, 5.74) is 2.96. The minimum absolute atomic E-state index is 0.366. The highest BCUT2D eigenvalue weighted by atomic mass is 16.5. The summed E-state index contributed by atoms with van der Waals surface area (Å²) in [5.74, 6) is 0. The van der Waals surface area contributed by atoms with Crippen molar-refractivity contribution >= 4 is 0 Å². The van der Waals surface area contributed by atoms with E-state index in [0.29, 0.717) is 12.1 Å². The highest BCUT2D eigenvalue weighted by Gasteiger charge is 2.27. The summed E-state index contributed by atoms with van der Waals surface area (Å²) in [4.78, 5) is 0. The standard InChI is InChI=1S/C15H23NO/c1-15(9-3-4-10-15)16-11-13-5-7-14(8-6-13)12-17-2/h5-8,16H,3-4,9-12H2,1-2H3. The van der Waals surface area contributed by atoms with E-state index < -0.39 is 0 Å². The quantitative estimate of drug-likeness (QED) is 0.843. The normalized spacial score (nSPS) is 18.5. The first-order valence-electron chi connectivity index (χ1n) is 6.54. The fraction of sp³-hybridized carbons (Fsp3) is 0.600. The van der Waals surface area contributed by atoms with Crippen LogP contribution in [0.2, 0.25) is 0 Å². The molecule has 0 aromatic heterocycles. The summed E-state index contributed by atoms with van der Waals surface area (Å²) in [7, 11) is 1.73. The number of rotatable bonds is 5. The minimum atomic E-state index is 0.366. The number of ether oxygens (including phenoxy) is 1. The monoisotopic (exact) mass is 233 g/mol. The van der Waals surface area contributed by atoms with Gasteiger partial charge >= 0.3 is 0 Å². The third-order valence-corrected chi connectivity index (χ3v) is 3.76. The van der Waals surface area contributed by atoms with Crippen LogP contribution in [0.5, 0.6) is 0 Å². The minimum Gasteiger partial charge on any atom is -0.380 e. The van der Waals surface area contributed by atoms with Crippen molar-refractivity contribution in [2.24, 2.45) is 0 Å². The maximum absolute atomic E-state index is 5.11. The Morgan fingerprint density at radius 3 is 2.29 bits per heavy atom. The zero-order valence-electron chi connectivity index (χ0n) is 11.0. The molecule has 0 atom stereocenters. The van der Waals surface area contributed by atoms with Crippen molar-refractivity contribution in [1.82, 2.24) is 5.32 Å². The van der Waals surface area contributed by atoms with Crippen molar-refractivity contribution in [3.63, 3.8) is 0 Å². The van der Waals surface area contributed by atoms with Gasteiger partial charge in [0.15, 0.2) is 0 Å². The molecule has 0 aliphatic heterocycles. The molecule has 1 aromatic rings. The van der Waals surface area contributed by atoms with Crippen LogP contribution in [-0.2, 0) is 17.9 Å². The molecule has 0 radical (unpaired) electrons. The second-order valence-electron chi connectivity index (χ2n) is 5.37. The highest BCUT2D eigenvalue weighted by Crippen LogP contribution is 2.29. The van der Waals surface area contributed by atoms with Gasteiger partial charge in [-0.3, -0.25) is 0 Å². The fourth-order valence-corrected chi connectivity index (χ4v) is 2.57. The maximum Gasteiger partial charge on any atom is 0.0713 e. The van der Waals surface area contributed by atoms with Crippen LogP contribution in [0.3, 0.4) is 0 Å². The molecule has 0 spiro atoms. The average molecular weight is 233 g/mol. The second-order valence-corrected chi connectivity index (χ2v) is 5.37. The van der Waals surface area contributed by atoms with Gasteiger partial charge in [0.2, 0.25) is 0 Å². The van der Waals surface area contributed by atoms with E-state index in [2.05, 4.69) is 36.5 Å². The SMILES string of the molecule is COCc1ccc(CNC2(C)CCCC2)cc1. The van der Waals surface area contributed by atoms with Crippen LogP contribution in [-0.4, -0.2) is 12.6 Å². The number of hydrogen-bond donors (Lipinski definition) is 1. The first-order chi connectivity index (χ1) is 8.22. The maximum atomic E-state index is 5.11. The molecule has 1 N–H and O–H groups in total. The van der Waals surface area contributed by atoms with Crippen LogP contribution in [0, 0.1) is 0 Å². The summed E-state index contributed by atoms with van der Waals surface area (Å²) in [5, 5.41) is 3.69. The molecule has 0 heterocycles. The topological polar surface area (TPSA) is 21.3 Å². The lowest BCUT2D eigenvalue weighted by molar-refractivity contribution is 0.185. The van der Waals surface area contributed by atoms with E-state index in [4.69, 9.17) is 4.74 Å². The van der Waals surface area contributed by atoms with Crippen molar-refractivity contribution in [1.29, 1.82) is 0 Å². The molecule has 0 unspecified atom stereocenters. The average Bonchev–Trinajstić information content (AvgIpc) is 2.76. The van der Waals surface area contributed by atoms with Crippen LogP contribution in [0.15, 0.2) is 24.3 Å². The third kappa shape index (κ3) is 3.55. The van der Waals surface area contributed by atoms with E-state index in [0.717, 1.165) is 6.54 Å². The Hall–Kier alpha value is -0.860. The summed E-state index contributed by atoms with van der Waals surface area (Å²) in [6.07, 6.45) is 5.37. The van der Waals surface area contributed by atoms with Gasteiger partial charge in [0, 0.05) is 19.2 Å². The number of methoxy groups -OCH3 is 1. The van der Waals surface area contributed by atoms with E-state index in [1.165, 1.54) is 36.8 Å². The Kier molecular flexibility index (Phi) is 4.19. The third-order valence-electron chi connectivity index (χ3n) is 3.76. The number of benzene rings is 1. The van der Waals surface area contributed by atoms with Gasteiger partial charge in [-0.25, -0.2) is 0 Å². The molecule has 17 heavy (non-hydrogen) atoms. The molecule has 1 aliphatic rings. The van der Waals surface area contributed by atoms with Crippen molar-refractivity contribution in [2.75, 3.05) is 7.11 Å². The largest absolute Gasteiger partial charge is 0.380 e. The Bertz CT molecular complexity index is 338. The lowest BCUT2D eigenvalue weighted by Gasteiger charge is -2.25.